The first-order valence-electron chi connectivity index (χ1n) is 6.53. The maximum atomic E-state index is 11.6. The van der Waals surface area contributed by atoms with E-state index in [9.17, 15) is 4.79 Å². The maximum absolute atomic E-state index is 11.6. The Morgan fingerprint density at radius 1 is 1.45 bits per heavy atom. The van der Waals surface area contributed by atoms with Gasteiger partial charge in [0.25, 0.3) is 5.56 Å². The third kappa shape index (κ3) is 2.43. The molecule has 0 spiro atoms. The van der Waals surface area contributed by atoms with Crippen LogP contribution in [0, 0.1) is 0 Å². The van der Waals surface area contributed by atoms with E-state index >= 15 is 0 Å². The van der Waals surface area contributed by atoms with E-state index in [1.165, 1.54) is 17.5 Å². The maximum Gasteiger partial charge on any atom is 0.267 e. The first-order valence-corrected chi connectivity index (χ1v) is 7.32. The molecule has 0 radical (unpaired) electrons. The largest absolute Gasteiger partial charge is 0.399 e. The summed E-state index contributed by atoms with van der Waals surface area (Å²) in [5, 5.41) is 3.35. The van der Waals surface area contributed by atoms with Crippen molar-refractivity contribution in [2.75, 3.05) is 11.1 Å². The molecule has 1 atom stereocenters. The van der Waals surface area contributed by atoms with Crippen molar-refractivity contribution in [3.63, 3.8) is 0 Å². The van der Waals surface area contributed by atoms with Crippen LogP contribution in [-0.4, -0.2) is 9.97 Å². The number of rotatable bonds is 2. The standard InChI is InChI=1S/C14H15BrN4O/c15-12-13(17-7-18-14(12)20)19-11-3-1-2-8-6-9(16)4-5-10(8)11/h4-7,11H,1-3,16H2,(H2,17,18,19,20). The van der Waals surface area contributed by atoms with Crippen LogP contribution in [-0.2, 0) is 6.42 Å². The highest BCUT2D eigenvalue weighted by Crippen LogP contribution is 2.33. The highest BCUT2D eigenvalue weighted by atomic mass is 79.9. The van der Waals surface area contributed by atoms with Gasteiger partial charge in [-0.15, -0.1) is 0 Å². The van der Waals surface area contributed by atoms with Gasteiger partial charge in [0.15, 0.2) is 0 Å². The Kier molecular flexibility index (Phi) is 3.48. The zero-order valence-electron chi connectivity index (χ0n) is 10.8. The Hall–Kier alpha value is -1.82. The van der Waals surface area contributed by atoms with Crippen LogP contribution in [0.1, 0.15) is 30.0 Å². The average molecular weight is 335 g/mol. The summed E-state index contributed by atoms with van der Waals surface area (Å²) < 4.78 is 0.433. The van der Waals surface area contributed by atoms with Crippen LogP contribution in [0.25, 0.3) is 0 Å². The lowest BCUT2D eigenvalue weighted by Gasteiger charge is -2.27. The average Bonchev–Trinajstić information content (AvgIpc) is 2.44. The van der Waals surface area contributed by atoms with Crippen LogP contribution in [0.15, 0.2) is 33.8 Å². The lowest BCUT2D eigenvalue weighted by atomic mass is 9.87. The molecule has 0 fully saturated rings. The van der Waals surface area contributed by atoms with Crippen molar-refractivity contribution >= 4 is 27.4 Å². The highest BCUT2D eigenvalue weighted by molar-refractivity contribution is 9.10. The summed E-state index contributed by atoms with van der Waals surface area (Å²) >= 11 is 3.27. The molecule has 1 aliphatic carbocycles. The third-order valence-electron chi connectivity index (χ3n) is 3.59. The predicted molar refractivity (Wildman–Crippen MR) is 82.7 cm³/mol. The van der Waals surface area contributed by atoms with Crippen LogP contribution >= 0.6 is 15.9 Å². The molecule has 0 aliphatic heterocycles. The van der Waals surface area contributed by atoms with Gasteiger partial charge in [-0.1, -0.05) is 6.07 Å². The lowest BCUT2D eigenvalue weighted by Crippen LogP contribution is -2.20. The fourth-order valence-electron chi connectivity index (χ4n) is 2.63. The van der Waals surface area contributed by atoms with E-state index < -0.39 is 0 Å². The number of benzene rings is 1. The molecule has 3 rings (SSSR count). The van der Waals surface area contributed by atoms with Gasteiger partial charge in [0.2, 0.25) is 0 Å². The van der Waals surface area contributed by atoms with Crippen LogP contribution in [0.5, 0.6) is 0 Å². The summed E-state index contributed by atoms with van der Waals surface area (Å²) in [7, 11) is 0. The number of fused-ring (bicyclic) bond motifs is 1. The number of anilines is 2. The summed E-state index contributed by atoms with van der Waals surface area (Å²) in [6.45, 7) is 0. The zero-order valence-corrected chi connectivity index (χ0v) is 12.4. The summed E-state index contributed by atoms with van der Waals surface area (Å²) in [6.07, 6.45) is 4.55. The number of aryl methyl sites for hydroxylation is 1. The SMILES string of the molecule is Nc1ccc2c(c1)CCCC2Nc1nc[nH]c(=O)c1Br. The molecule has 1 heterocycles. The number of nitrogen functional groups attached to an aromatic ring is 1. The first-order chi connectivity index (χ1) is 9.65. The van der Waals surface area contributed by atoms with Gasteiger partial charge in [-0.05, 0) is 58.5 Å². The van der Waals surface area contributed by atoms with Gasteiger partial charge in [0.05, 0.1) is 12.4 Å². The molecule has 2 aromatic rings. The molecule has 20 heavy (non-hydrogen) atoms. The van der Waals surface area contributed by atoms with Gasteiger partial charge >= 0.3 is 0 Å². The number of nitrogens with two attached hydrogens (primary N) is 1. The number of aromatic amines is 1. The van der Waals surface area contributed by atoms with Gasteiger partial charge in [-0.3, -0.25) is 4.79 Å². The van der Waals surface area contributed by atoms with Crippen LogP contribution in [0.4, 0.5) is 11.5 Å². The molecular formula is C14H15BrN4O. The van der Waals surface area contributed by atoms with Crippen molar-refractivity contribution in [3.8, 4) is 0 Å². The first kappa shape index (κ1) is 13.2. The normalized spacial score (nSPS) is 17.6. The van der Waals surface area contributed by atoms with Crippen LogP contribution < -0.4 is 16.6 Å². The Bertz CT molecular complexity index is 698. The Morgan fingerprint density at radius 2 is 2.30 bits per heavy atom. The van der Waals surface area contributed by atoms with Gasteiger partial charge in [-0.2, -0.15) is 0 Å². The number of nitrogens with one attached hydrogen (secondary N) is 2. The smallest absolute Gasteiger partial charge is 0.267 e. The van der Waals surface area contributed by atoms with E-state index in [-0.39, 0.29) is 11.6 Å². The fourth-order valence-corrected chi connectivity index (χ4v) is 2.96. The molecular weight excluding hydrogens is 320 g/mol. The second-order valence-electron chi connectivity index (χ2n) is 4.94. The van der Waals surface area contributed by atoms with Crippen molar-refractivity contribution in [3.05, 3.63) is 50.5 Å². The van der Waals surface area contributed by atoms with Crippen LogP contribution in [0.3, 0.4) is 0 Å². The fraction of sp³-hybridized carbons (Fsp3) is 0.286. The molecule has 6 heteroatoms. The molecule has 1 unspecified atom stereocenters. The minimum absolute atomic E-state index is 0.157. The molecule has 5 nitrogen and oxygen atoms in total. The van der Waals surface area contributed by atoms with Crippen molar-refractivity contribution < 1.29 is 0 Å². The van der Waals surface area contributed by atoms with E-state index in [1.54, 1.807) is 0 Å². The van der Waals surface area contributed by atoms with Crippen molar-refractivity contribution in [1.82, 2.24) is 9.97 Å². The Morgan fingerprint density at radius 3 is 3.15 bits per heavy atom. The Balaban J connectivity index is 1.93. The van der Waals surface area contributed by atoms with E-state index in [2.05, 4.69) is 37.3 Å². The monoisotopic (exact) mass is 334 g/mol. The summed E-state index contributed by atoms with van der Waals surface area (Å²) in [4.78, 5) is 18.3. The molecule has 0 bridgehead atoms. The van der Waals surface area contributed by atoms with Crippen molar-refractivity contribution in [1.29, 1.82) is 0 Å². The zero-order chi connectivity index (χ0) is 14.1. The second-order valence-corrected chi connectivity index (χ2v) is 5.73. The summed E-state index contributed by atoms with van der Waals surface area (Å²) in [6, 6.07) is 6.16. The van der Waals surface area contributed by atoms with Crippen molar-refractivity contribution in [2.45, 2.75) is 25.3 Å². The van der Waals surface area contributed by atoms with Gasteiger partial charge < -0.3 is 16.0 Å². The predicted octanol–water partition coefficient (Wildman–Crippen LogP) is 2.60. The van der Waals surface area contributed by atoms with Gasteiger partial charge in [-0.25, -0.2) is 4.98 Å². The molecule has 1 aliphatic rings. The highest BCUT2D eigenvalue weighted by Gasteiger charge is 2.21. The molecule has 1 aromatic heterocycles. The number of halogens is 1. The quantitative estimate of drug-likeness (QED) is 0.737. The third-order valence-corrected chi connectivity index (χ3v) is 4.32. The number of aromatic nitrogens is 2. The van der Waals surface area contributed by atoms with Gasteiger partial charge in [0.1, 0.15) is 10.3 Å². The number of nitrogens with zero attached hydrogens (tertiary/aromatic N) is 1. The van der Waals surface area contributed by atoms with Gasteiger partial charge in [0, 0.05) is 5.69 Å². The van der Waals surface area contributed by atoms with E-state index in [0.717, 1.165) is 24.9 Å². The topological polar surface area (TPSA) is 83.8 Å². The van der Waals surface area contributed by atoms with E-state index in [4.69, 9.17) is 5.73 Å². The van der Waals surface area contributed by atoms with E-state index in [1.807, 2.05) is 12.1 Å². The number of H-pyrrole nitrogens is 1. The molecule has 4 N–H and O–H groups in total. The number of hydrogen-bond acceptors (Lipinski definition) is 4. The molecule has 0 amide bonds. The lowest BCUT2D eigenvalue weighted by molar-refractivity contribution is 0.598. The molecule has 0 saturated carbocycles. The van der Waals surface area contributed by atoms with Crippen molar-refractivity contribution in [2.24, 2.45) is 0 Å². The summed E-state index contributed by atoms with van der Waals surface area (Å²) in [5.74, 6) is 0.573. The molecule has 0 saturated heterocycles. The minimum Gasteiger partial charge on any atom is -0.399 e. The van der Waals surface area contributed by atoms with E-state index in [0.29, 0.717) is 10.3 Å². The molecule has 1 aromatic carbocycles. The second kappa shape index (κ2) is 5.28. The van der Waals surface area contributed by atoms with Crippen LogP contribution in [0.2, 0.25) is 0 Å². The molecule has 104 valence electrons. The minimum atomic E-state index is -0.184. The summed E-state index contributed by atoms with van der Waals surface area (Å²) in [5.41, 5.74) is 8.95. The number of hydrogen-bond donors (Lipinski definition) is 3. The Labute approximate surface area is 124 Å².